The van der Waals surface area contributed by atoms with Gasteiger partial charge in [-0.15, -0.1) is 0 Å². The average molecular weight is 473 g/mol. The van der Waals surface area contributed by atoms with Crippen LogP contribution in [0.2, 0.25) is 0 Å². The molecule has 172 valence electrons. The number of sulfonamides is 1. The molecule has 11 nitrogen and oxygen atoms in total. The molecular weight excluding hydrogens is 454 g/mol. The van der Waals surface area contributed by atoms with Crippen molar-refractivity contribution in [2.24, 2.45) is 0 Å². The molecule has 1 aliphatic heterocycles. The van der Waals surface area contributed by atoms with Gasteiger partial charge in [-0.25, -0.2) is 13.2 Å². The molecule has 33 heavy (non-hydrogen) atoms. The third-order valence-electron chi connectivity index (χ3n) is 4.43. The fourth-order valence-corrected chi connectivity index (χ4v) is 3.97. The van der Waals surface area contributed by atoms with E-state index in [9.17, 15) is 18.0 Å². The monoisotopic (exact) mass is 473 g/mol. The topological polar surface area (TPSA) is 146 Å². The van der Waals surface area contributed by atoms with Crippen molar-refractivity contribution in [3.63, 3.8) is 0 Å². The van der Waals surface area contributed by atoms with Crippen molar-refractivity contribution in [3.05, 3.63) is 59.9 Å². The smallest absolute Gasteiger partial charge is 0.338 e. The van der Waals surface area contributed by atoms with Crippen LogP contribution in [0.1, 0.15) is 16.1 Å². The molecule has 2 heterocycles. The lowest BCUT2D eigenvalue weighted by atomic mass is 10.2. The van der Waals surface area contributed by atoms with Gasteiger partial charge in [-0.1, -0.05) is 5.16 Å². The lowest BCUT2D eigenvalue weighted by molar-refractivity contribution is -0.119. The standard InChI is InChI=1S/C21H19N3O8S/c1-13-10-19(23-32-13)22-20(25)12-31-21(26)14-2-4-15(5-3-14)24-33(27,28)16-6-7-17-18(11-16)30-9-8-29-17/h2-7,10-11,24H,8-9,12H2,1H3,(H,22,23,25). The number of nitrogens with zero attached hydrogens (tertiary/aromatic N) is 1. The highest BCUT2D eigenvalue weighted by Gasteiger charge is 2.20. The maximum Gasteiger partial charge on any atom is 0.338 e. The summed E-state index contributed by atoms with van der Waals surface area (Å²) < 4.78 is 48.4. The largest absolute Gasteiger partial charge is 0.486 e. The third kappa shape index (κ3) is 5.41. The Morgan fingerprint density at radius 1 is 1.03 bits per heavy atom. The van der Waals surface area contributed by atoms with Crippen molar-refractivity contribution >= 4 is 33.4 Å². The predicted octanol–water partition coefficient (Wildman–Crippen LogP) is 2.35. The van der Waals surface area contributed by atoms with E-state index in [0.29, 0.717) is 30.5 Å². The van der Waals surface area contributed by atoms with Crippen LogP contribution in [-0.4, -0.2) is 45.3 Å². The Morgan fingerprint density at radius 3 is 2.45 bits per heavy atom. The van der Waals surface area contributed by atoms with Gasteiger partial charge in [0.1, 0.15) is 19.0 Å². The highest BCUT2D eigenvalue weighted by atomic mass is 32.2. The summed E-state index contributed by atoms with van der Waals surface area (Å²) >= 11 is 0. The van der Waals surface area contributed by atoms with Crippen molar-refractivity contribution < 1.29 is 36.7 Å². The number of carbonyl (C=O) groups is 2. The quantitative estimate of drug-likeness (QED) is 0.494. The molecule has 12 heteroatoms. The molecule has 0 unspecified atom stereocenters. The molecule has 1 amide bonds. The van der Waals surface area contributed by atoms with Crippen LogP contribution in [0.5, 0.6) is 11.5 Å². The number of benzene rings is 2. The normalized spacial score (nSPS) is 12.6. The van der Waals surface area contributed by atoms with Crippen molar-refractivity contribution in [1.29, 1.82) is 0 Å². The van der Waals surface area contributed by atoms with Crippen LogP contribution in [0.4, 0.5) is 11.5 Å². The molecule has 0 aliphatic carbocycles. The number of hydrogen-bond donors (Lipinski definition) is 2. The van der Waals surface area contributed by atoms with Gasteiger partial charge in [0.05, 0.1) is 10.5 Å². The zero-order chi connectivity index (χ0) is 23.4. The number of fused-ring (bicyclic) bond motifs is 1. The first-order chi connectivity index (χ1) is 15.8. The number of ether oxygens (including phenoxy) is 3. The molecule has 4 rings (SSSR count). The van der Waals surface area contributed by atoms with E-state index in [1.165, 1.54) is 48.5 Å². The molecule has 0 bridgehead atoms. The minimum atomic E-state index is -3.90. The number of aryl methyl sites for hydroxylation is 1. The lowest BCUT2D eigenvalue weighted by Crippen LogP contribution is -2.21. The summed E-state index contributed by atoms with van der Waals surface area (Å²) in [5, 5.41) is 6.03. The fourth-order valence-electron chi connectivity index (χ4n) is 2.90. The van der Waals surface area contributed by atoms with Crippen LogP contribution in [0.15, 0.2) is 57.9 Å². The first kappa shape index (κ1) is 22.1. The van der Waals surface area contributed by atoms with E-state index >= 15 is 0 Å². The molecule has 0 saturated carbocycles. The van der Waals surface area contributed by atoms with Gasteiger partial charge in [-0.3, -0.25) is 9.52 Å². The molecule has 0 atom stereocenters. The van der Waals surface area contributed by atoms with Crippen LogP contribution < -0.4 is 19.5 Å². The summed E-state index contributed by atoms with van der Waals surface area (Å²) in [7, 11) is -3.90. The lowest BCUT2D eigenvalue weighted by Gasteiger charge is -2.19. The Labute approximate surface area is 188 Å². The van der Waals surface area contributed by atoms with E-state index in [1.807, 2.05) is 0 Å². The Bertz CT molecular complexity index is 1290. The summed E-state index contributed by atoms with van der Waals surface area (Å²) in [5.41, 5.74) is 0.378. The SMILES string of the molecule is Cc1cc(NC(=O)COC(=O)c2ccc(NS(=O)(=O)c3ccc4c(c3)OCCO4)cc2)no1. The second-order valence-electron chi connectivity index (χ2n) is 6.94. The zero-order valence-electron chi connectivity index (χ0n) is 17.4. The van der Waals surface area contributed by atoms with Crippen LogP contribution in [-0.2, 0) is 19.6 Å². The first-order valence-corrected chi connectivity index (χ1v) is 11.2. The van der Waals surface area contributed by atoms with Gasteiger partial charge < -0.3 is 24.1 Å². The van der Waals surface area contributed by atoms with E-state index in [0.717, 1.165) is 0 Å². The van der Waals surface area contributed by atoms with Crippen molar-refractivity contribution in [1.82, 2.24) is 5.16 Å². The highest BCUT2D eigenvalue weighted by Crippen LogP contribution is 2.32. The van der Waals surface area contributed by atoms with E-state index < -0.39 is 28.5 Å². The second-order valence-corrected chi connectivity index (χ2v) is 8.62. The van der Waals surface area contributed by atoms with E-state index in [-0.39, 0.29) is 22.0 Å². The number of amides is 1. The molecule has 0 saturated heterocycles. The molecule has 2 N–H and O–H groups in total. The molecule has 3 aromatic rings. The van der Waals surface area contributed by atoms with Gasteiger partial charge >= 0.3 is 5.97 Å². The molecule has 0 fully saturated rings. The summed E-state index contributed by atoms with van der Waals surface area (Å²) in [4.78, 5) is 24.0. The molecule has 0 radical (unpaired) electrons. The summed E-state index contributed by atoms with van der Waals surface area (Å²) in [6.45, 7) is 1.88. The molecule has 1 aromatic heterocycles. The number of hydrogen-bond acceptors (Lipinski definition) is 9. The van der Waals surface area contributed by atoms with Crippen LogP contribution in [0.25, 0.3) is 0 Å². The van der Waals surface area contributed by atoms with Crippen LogP contribution >= 0.6 is 0 Å². The van der Waals surface area contributed by atoms with E-state index in [1.54, 1.807) is 6.92 Å². The van der Waals surface area contributed by atoms with Gasteiger partial charge in [-0.05, 0) is 43.3 Å². The van der Waals surface area contributed by atoms with Gasteiger partial charge in [0.25, 0.3) is 15.9 Å². The van der Waals surface area contributed by atoms with Crippen molar-refractivity contribution in [3.8, 4) is 11.5 Å². The maximum atomic E-state index is 12.7. The van der Waals surface area contributed by atoms with E-state index in [4.69, 9.17) is 18.7 Å². The zero-order valence-corrected chi connectivity index (χ0v) is 18.2. The fraction of sp³-hybridized carbons (Fsp3) is 0.190. The Morgan fingerprint density at radius 2 is 1.76 bits per heavy atom. The number of aromatic nitrogens is 1. The third-order valence-corrected chi connectivity index (χ3v) is 5.81. The number of rotatable bonds is 7. The molecule has 2 aromatic carbocycles. The Hall–Kier alpha value is -4.06. The minimum Gasteiger partial charge on any atom is -0.486 e. The summed E-state index contributed by atoms with van der Waals surface area (Å²) in [6.07, 6.45) is 0. The molecule has 0 spiro atoms. The number of anilines is 2. The van der Waals surface area contributed by atoms with Crippen molar-refractivity contribution in [2.45, 2.75) is 11.8 Å². The van der Waals surface area contributed by atoms with Crippen molar-refractivity contribution in [2.75, 3.05) is 29.9 Å². The maximum absolute atomic E-state index is 12.7. The summed E-state index contributed by atoms with van der Waals surface area (Å²) in [5.74, 6) is 0.233. The molecule has 1 aliphatic rings. The highest BCUT2D eigenvalue weighted by molar-refractivity contribution is 7.92. The predicted molar refractivity (Wildman–Crippen MR) is 115 cm³/mol. The number of carbonyl (C=O) groups excluding carboxylic acids is 2. The van der Waals surface area contributed by atoms with Gasteiger partial charge in [0.2, 0.25) is 0 Å². The Balaban J connectivity index is 1.34. The first-order valence-electron chi connectivity index (χ1n) is 9.73. The molecular formula is C21H19N3O8S. The number of esters is 1. The van der Waals surface area contributed by atoms with Gasteiger partial charge in [0.15, 0.2) is 23.9 Å². The second kappa shape index (κ2) is 9.20. The van der Waals surface area contributed by atoms with Crippen LogP contribution in [0, 0.1) is 6.92 Å². The minimum absolute atomic E-state index is 0.00329. The Kier molecular flexibility index (Phi) is 6.18. The van der Waals surface area contributed by atoms with Crippen LogP contribution in [0.3, 0.4) is 0 Å². The van der Waals surface area contributed by atoms with Gasteiger partial charge in [0, 0.05) is 17.8 Å². The summed E-state index contributed by atoms with van der Waals surface area (Å²) in [6, 6.07) is 11.4. The van der Waals surface area contributed by atoms with E-state index in [2.05, 4.69) is 15.2 Å². The average Bonchev–Trinajstić information content (AvgIpc) is 3.21. The number of nitrogens with one attached hydrogen (secondary N) is 2. The van der Waals surface area contributed by atoms with Gasteiger partial charge in [-0.2, -0.15) is 0 Å².